The van der Waals surface area contributed by atoms with Crippen molar-refractivity contribution < 1.29 is 28.2 Å². The van der Waals surface area contributed by atoms with Crippen LogP contribution in [0.25, 0.3) is 0 Å². The number of nitrogens with one attached hydrogen (secondary N) is 1. The van der Waals surface area contributed by atoms with E-state index in [0.29, 0.717) is 0 Å². The maximum absolute atomic E-state index is 14.1. The fourth-order valence-corrected chi connectivity index (χ4v) is 3.51. The van der Waals surface area contributed by atoms with Crippen molar-refractivity contribution in [1.29, 1.82) is 0 Å². The number of aliphatic carboxylic acids is 1. The summed E-state index contributed by atoms with van der Waals surface area (Å²) in [5, 5.41) is 11.6. The summed E-state index contributed by atoms with van der Waals surface area (Å²) in [5.74, 6) is -3.72. The second-order valence-electron chi connectivity index (χ2n) is 6.74. The third-order valence-corrected chi connectivity index (χ3v) is 5.03. The van der Waals surface area contributed by atoms with Gasteiger partial charge >= 0.3 is 5.97 Å². The Balaban J connectivity index is 2.27. The van der Waals surface area contributed by atoms with Crippen molar-refractivity contribution >= 4 is 17.6 Å². The van der Waals surface area contributed by atoms with Gasteiger partial charge in [0.1, 0.15) is 0 Å². The predicted molar refractivity (Wildman–Crippen MR) is 88.5 cm³/mol. The van der Waals surface area contributed by atoms with Gasteiger partial charge in [0.2, 0.25) is 5.91 Å². The van der Waals surface area contributed by atoms with Gasteiger partial charge in [-0.1, -0.05) is 19.3 Å². The van der Waals surface area contributed by atoms with Gasteiger partial charge in [-0.25, -0.2) is 8.78 Å². The van der Waals surface area contributed by atoms with Gasteiger partial charge in [-0.2, -0.15) is 0 Å². The van der Waals surface area contributed by atoms with E-state index in [1.165, 1.54) is 7.11 Å². The molecule has 138 valence electrons. The highest BCUT2D eigenvalue weighted by Crippen LogP contribution is 2.42. The van der Waals surface area contributed by atoms with Crippen molar-refractivity contribution in [1.82, 2.24) is 0 Å². The number of hydrogen-bond donors (Lipinski definition) is 2. The molecule has 1 aromatic rings. The van der Waals surface area contributed by atoms with Crippen LogP contribution in [-0.2, 0) is 9.59 Å². The van der Waals surface area contributed by atoms with E-state index in [-0.39, 0.29) is 23.8 Å². The zero-order valence-corrected chi connectivity index (χ0v) is 14.4. The van der Waals surface area contributed by atoms with E-state index >= 15 is 0 Å². The molecule has 0 spiro atoms. The van der Waals surface area contributed by atoms with Gasteiger partial charge in [0.05, 0.1) is 24.6 Å². The first-order valence-electron chi connectivity index (χ1n) is 8.34. The van der Waals surface area contributed by atoms with Crippen molar-refractivity contribution in [2.75, 3.05) is 12.4 Å². The van der Waals surface area contributed by atoms with Crippen LogP contribution in [0.5, 0.6) is 5.75 Å². The SMILES string of the molecule is COc1cc(F)c(NC(=O)C(C)(CC(=O)O)C2CCCCC2)cc1F. The molecule has 5 nitrogen and oxygen atoms in total. The lowest BCUT2D eigenvalue weighted by Gasteiger charge is -2.37. The van der Waals surface area contributed by atoms with Gasteiger partial charge in [-0.15, -0.1) is 0 Å². The van der Waals surface area contributed by atoms with Gasteiger partial charge < -0.3 is 15.2 Å². The maximum atomic E-state index is 14.1. The molecule has 7 heteroatoms. The number of hydrogen-bond acceptors (Lipinski definition) is 3. The number of amides is 1. The number of carbonyl (C=O) groups excluding carboxylic acids is 1. The zero-order chi connectivity index (χ0) is 18.6. The Kier molecular flexibility index (Phi) is 5.98. The number of benzene rings is 1. The molecule has 0 aliphatic heterocycles. The molecule has 0 aromatic heterocycles. The summed E-state index contributed by atoms with van der Waals surface area (Å²) >= 11 is 0. The van der Waals surface area contributed by atoms with Crippen LogP contribution in [0.3, 0.4) is 0 Å². The molecule has 2 N–H and O–H groups in total. The van der Waals surface area contributed by atoms with E-state index in [1.54, 1.807) is 6.92 Å². The van der Waals surface area contributed by atoms with Crippen LogP contribution in [0.15, 0.2) is 12.1 Å². The number of carbonyl (C=O) groups is 2. The first kappa shape index (κ1) is 19.1. The number of halogens is 2. The first-order chi connectivity index (χ1) is 11.8. The normalized spacial score (nSPS) is 17.6. The van der Waals surface area contributed by atoms with Gasteiger partial charge in [-0.05, 0) is 25.7 Å². The molecule has 1 aliphatic carbocycles. The van der Waals surface area contributed by atoms with Gasteiger partial charge in [0.15, 0.2) is 17.4 Å². The molecule has 1 saturated carbocycles. The Bertz CT molecular complexity index is 659. The van der Waals surface area contributed by atoms with E-state index in [9.17, 15) is 23.5 Å². The second-order valence-corrected chi connectivity index (χ2v) is 6.74. The van der Waals surface area contributed by atoms with Gasteiger partial charge in [0.25, 0.3) is 0 Å². The Labute approximate surface area is 145 Å². The minimum atomic E-state index is -1.19. The summed E-state index contributed by atoms with van der Waals surface area (Å²) in [7, 11) is 1.21. The molecule has 2 rings (SSSR count). The van der Waals surface area contributed by atoms with Crippen LogP contribution in [0.1, 0.15) is 45.4 Å². The van der Waals surface area contributed by atoms with Crippen molar-refractivity contribution in [3.63, 3.8) is 0 Å². The molecule has 1 amide bonds. The fourth-order valence-electron chi connectivity index (χ4n) is 3.51. The van der Waals surface area contributed by atoms with Crippen molar-refractivity contribution in [2.24, 2.45) is 11.3 Å². The number of carboxylic acid groups (broad SMARTS) is 1. The third kappa shape index (κ3) is 4.27. The smallest absolute Gasteiger partial charge is 0.304 e. The summed E-state index contributed by atoms with van der Waals surface area (Å²) in [6.07, 6.45) is 4.05. The van der Waals surface area contributed by atoms with E-state index in [4.69, 9.17) is 4.74 Å². The summed E-state index contributed by atoms with van der Waals surface area (Å²) < 4.78 is 32.6. The van der Waals surface area contributed by atoms with Crippen molar-refractivity contribution in [3.05, 3.63) is 23.8 Å². The van der Waals surface area contributed by atoms with Crippen LogP contribution in [-0.4, -0.2) is 24.1 Å². The first-order valence-corrected chi connectivity index (χ1v) is 8.34. The zero-order valence-electron chi connectivity index (χ0n) is 14.4. The minimum absolute atomic E-state index is 0.108. The average molecular weight is 355 g/mol. The molecule has 0 bridgehead atoms. The van der Waals surface area contributed by atoms with Crippen LogP contribution < -0.4 is 10.1 Å². The molecule has 25 heavy (non-hydrogen) atoms. The lowest BCUT2D eigenvalue weighted by molar-refractivity contribution is -0.145. The number of anilines is 1. The Morgan fingerprint density at radius 3 is 2.44 bits per heavy atom. The highest BCUT2D eigenvalue weighted by molar-refractivity contribution is 5.97. The van der Waals surface area contributed by atoms with Crippen molar-refractivity contribution in [2.45, 2.75) is 45.4 Å². The molecule has 0 heterocycles. The molecule has 1 aromatic carbocycles. The molecular formula is C18H23F2NO4. The fraction of sp³-hybridized carbons (Fsp3) is 0.556. The van der Waals surface area contributed by atoms with Crippen LogP contribution >= 0.6 is 0 Å². The van der Waals surface area contributed by atoms with Crippen molar-refractivity contribution in [3.8, 4) is 5.75 Å². The lowest BCUT2D eigenvalue weighted by atomic mass is 9.67. The molecule has 1 fully saturated rings. The number of carboxylic acids is 1. The molecule has 0 saturated heterocycles. The van der Waals surface area contributed by atoms with E-state index < -0.39 is 28.9 Å². The summed E-state index contributed by atoms with van der Waals surface area (Å²) in [5.41, 5.74) is -1.51. The third-order valence-electron chi connectivity index (χ3n) is 5.03. The maximum Gasteiger partial charge on any atom is 0.304 e. The predicted octanol–water partition coefficient (Wildman–Crippen LogP) is 3.97. The van der Waals surface area contributed by atoms with E-state index in [1.807, 2.05) is 0 Å². The average Bonchev–Trinajstić information content (AvgIpc) is 2.57. The lowest BCUT2D eigenvalue weighted by Crippen LogP contribution is -2.42. The number of ether oxygens (including phenoxy) is 1. The summed E-state index contributed by atoms with van der Waals surface area (Å²) in [4.78, 5) is 24.1. The minimum Gasteiger partial charge on any atom is -0.494 e. The molecule has 1 unspecified atom stereocenters. The van der Waals surface area contributed by atoms with E-state index in [2.05, 4.69) is 5.32 Å². The largest absolute Gasteiger partial charge is 0.494 e. The highest BCUT2D eigenvalue weighted by Gasteiger charge is 2.43. The topological polar surface area (TPSA) is 75.6 Å². The quantitative estimate of drug-likeness (QED) is 0.809. The molecule has 1 aliphatic rings. The van der Waals surface area contributed by atoms with Gasteiger partial charge in [0, 0.05) is 12.1 Å². The number of rotatable bonds is 6. The number of methoxy groups -OCH3 is 1. The van der Waals surface area contributed by atoms with Crippen LogP contribution in [0.2, 0.25) is 0 Å². The van der Waals surface area contributed by atoms with Crippen LogP contribution in [0, 0.1) is 23.0 Å². The monoisotopic (exact) mass is 355 g/mol. The Hall–Kier alpha value is -2.18. The second kappa shape index (κ2) is 7.80. The summed E-state index contributed by atoms with van der Waals surface area (Å²) in [6.45, 7) is 1.59. The Morgan fingerprint density at radius 1 is 1.24 bits per heavy atom. The molecule has 1 atom stereocenters. The highest BCUT2D eigenvalue weighted by atomic mass is 19.1. The standard InChI is InChI=1S/C18H23F2NO4/c1-18(10-16(22)23,11-6-4-3-5-7-11)17(24)21-14-8-13(20)15(25-2)9-12(14)19/h8-9,11H,3-7,10H2,1-2H3,(H,21,24)(H,22,23). The summed E-state index contributed by atoms with van der Waals surface area (Å²) in [6, 6.07) is 1.69. The van der Waals surface area contributed by atoms with Crippen LogP contribution in [0.4, 0.5) is 14.5 Å². The molecular weight excluding hydrogens is 332 g/mol. The van der Waals surface area contributed by atoms with E-state index in [0.717, 1.165) is 44.2 Å². The van der Waals surface area contributed by atoms with Gasteiger partial charge in [-0.3, -0.25) is 9.59 Å². The molecule has 0 radical (unpaired) electrons. The Morgan fingerprint density at radius 2 is 1.88 bits per heavy atom.